The number of rotatable bonds is 2. The first-order valence-electron chi connectivity index (χ1n) is 6.99. The lowest BCUT2D eigenvalue weighted by molar-refractivity contribution is 0.0705. The van der Waals surface area contributed by atoms with E-state index in [-0.39, 0.29) is 11.5 Å². The van der Waals surface area contributed by atoms with Crippen molar-refractivity contribution >= 4 is 0 Å². The van der Waals surface area contributed by atoms with Gasteiger partial charge in [0.05, 0.1) is 18.1 Å². The van der Waals surface area contributed by atoms with E-state index in [0.717, 1.165) is 45.1 Å². The lowest BCUT2D eigenvalue weighted by Crippen LogP contribution is -2.39. The predicted molar refractivity (Wildman–Crippen MR) is 66.0 cm³/mol. The van der Waals surface area contributed by atoms with Crippen molar-refractivity contribution in [3.63, 3.8) is 0 Å². The highest BCUT2D eigenvalue weighted by Gasteiger charge is 2.35. The Morgan fingerprint density at radius 2 is 2.00 bits per heavy atom. The normalized spacial score (nSPS) is 28.2. The van der Waals surface area contributed by atoms with Gasteiger partial charge in [0.15, 0.2) is 5.82 Å². The second-order valence-electron chi connectivity index (χ2n) is 5.59. The zero-order chi connectivity index (χ0) is 12.4. The van der Waals surface area contributed by atoms with Gasteiger partial charge in [-0.05, 0) is 25.7 Å². The highest BCUT2D eigenvalue weighted by atomic mass is 16.5. The lowest BCUT2D eigenvalue weighted by Gasteiger charge is -2.29. The van der Waals surface area contributed by atoms with E-state index in [1.165, 1.54) is 6.42 Å². The van der Waals surface area contributed by atoms with Crippen LogP contribution < -0.4 is 5.73 Å². The summed E-state index contributed by atoms with van der Waals surface area (Å²) in [5.74, 6) is 1.66. The van der Waals surface area contributed by atoms with Gasteiger partial charge in [-0.3, -0.25) is 0 Å². The fourth-order valence-electron chi connectivity index (χ4n) is 2.95. The molecule has 1 aliphatic carbocycles. The van der Waals surface area contributed by atoms with E-state index in [9.17, 15) is 0 Å². The first kappa shape index (κ1) is 12.1. The van der Waals surface area contributed by atoms with Gasteiger partial charge in [-0.15, -0.1) is 0 Å². The number of aromatic nitrogens is 2. The Morgan fingerprint density at radius 3 is 2.72 bits per heavy atom. The third-order valence-electron chi connectivity index (χ3n) is 4.14. The van der Waals surface area contributed by atoms with Crippen LogP contribution in [-0.2, 0) is 10.3 Å². The van der Waals surface area contributed by atoms with E-state index < -0.39 is 0 Å². The van der Waals surface area contributed by atoms with Crippen LogP contribution in [0.1, 0.15) is 62.6 Å². The first-order valence-corrected chi connectivity index (χ1v) is 6.99. The molecule has 1 aromatic heterocycles. The predicted octanol–water partition coefficient (Wildman–Crippen LogP) is 2.08. The maximum Gasteiger partial charge on any atom is 0.232 e. The second kappa shape index (κ2) is 4.97. The van der Waals surface area contributed by atoms with Crippen LogP contribution in [0.2, 0.25) is 0 Å². The fourth-order valence-corrected chi connectivity index (χ4v) is 2.95. The molecule has 0 amide bonds. The summed E-state index contributed by atoms with van der Waals surface area (Å²) in [5, 5.41) is 4.12. The van der Waals surface area contributed by atoms with Crippen LogP contribution in [0.25, 0.3) is 0 Å². The molecule has 100 valence electrons. The molecule has 1 atom stereocenters. The van der Waals surface area contributed by atoms with Crippen molar-refractivity contribution < 1.29 is 9.26 Å². The van der Waals surface area contributed by atoms with Crippen molar-refractivity contribution in [3.8, 4) is 0 Å². The largest absolute Gasteiger partial charge is 0.381 e. The molecule has 5 nitrogen and oxygen atoms in total. The minimum absolute atomic E-state index is 0.257. The Balaban J connectivity index is 1.75. The van der Waals surface area contributed by atoms with Crippen molar-refractivity contribution in [2.45, 2.75) is 56.4 Å². The smallest absolute Gasteiger partial charge is 0.232 e. The van der Waals surface area contributed by atoms with Crippen LogP contribution in [0, 0.1) is 0 Å². The zero-order valence-electron chi connectivity index (χ0n) is 10.7. The third kappa shape index (κ3) is 2.29. The summed E-state index contributed by atoms with van der Waals surface area (Å²) in [6.45, 7) is 1.54. The van der Waals surface area contributed by atoms with Crippen molar-refractivity contribution in [2.75, 3.05) is 13.2 Å². The number of hydrogen-bond acceptors (Lipinski definition) is 5. The summed E-state index contributed by atoms with van der Waals surface area (Å²) in [6.07, 6.45) is 7.65. The molecule has 0 aromatic carbocycles. The van der Waals surface area contributed by atoms with E-state index in [1.54, 1.807) is 0 Å². The molecule has 2 heterocycles. The summed E-state index contributed by atoms with van der Waals surface area (Å²) < 4.78 is 10.9. The first-order chi connectivity index (χ1) is 8.78. The van der Waals surface area contributed by atoms with Gasteiger partial charge in [-0.25, -0.2) is 0 Å². The van der Waals surface area contributed by atoms with Gasteiger partial charge >= 0.3 is 0 Å². The van der Waals surface area contributed by atoms with E-state index in [1.807, 2.05) is 0 Å². The Bertz CT molecular complexity index is 393. The molecule has 5 heteroatoms. The number of ether oxygens (including phenoxy) is 1. The van der Waals surface area contributed by atoms with Crippen LogP contribution in [0.3, 0.4) is 0 Å². The molecular formula is C13H21N3O2. The monoisotopic (exact) mass is 251 g/mol. The minimum Gasteiger partial charge on any atom is -0.381 e. The Morgan fingerprint density at radius 1 is 1.17 bits per heavy atom. The highest BCUT2D eigenvalue weighted by Crippen LogP contribution is 2.34. The van der Waals surface area contributed by atoms with Crippen LogP contribution in [0.5, 0.6) is 0 Å². The number of hydrogen-bond donors (Lipinski definition) is 1. The van der Waals surface area contributed by atoms with Gasteiger partial charge in [0.2, 0.25) is 5.89 Å². The van der Waals surface area contributed by atoms with E-state index in [2.05, 4.69) is 10.1 Å². The maximum atomic E-state index is 6.41. The summed E-state index contributed by atoms with van der Waals surface area (Å²) in [6, 6.07) is 0. The molecule has 3 rings (SSSR count). The topological polar surface area (TPSA) is 74.2 Å². The van der Waals surface area contributed by atoms with Crippen molar-refractivity contribution in [1.29, 1.82) is 0 Å². The van der Waals surface area contributed by atoms with E-state index in [0.29, 0.717) is 18.3 Å². The Hall–Kier alpha value is -0.940. The molecule has 1 saturated heterocycles. The number of nitrogens with two attached hydrogens (primary N) is 1. The summed E-state index contributed by atoms with van der Waals surface area (Å²) in [7, 11) is 0. The maximum absolute atomic E-state index is 6.41. The average Bonchev–Trinajstić information content (AvgIpc) is 2.91. The van der Waals surface area contributed by atoms with E-state index in [4.69, 9.17) is 15.0 Å². The highest BCUT2D eigenvalue weighted by molar-refractivity contribution is 5.07. The molecule has 0 bridgehead atoms. The van der Waals surface area contributed by atoms with Gasteiger partial charge in [0.25, 0.3) is 0 Å². The molecule has 1 aromatic rings. The zero-order valence-corrected chi connectivity index (χ0v) is 10.7. The Kier molecular flexibility index (Phi) is 3.35. The van der Waals surface area contributed by atoms with Crippen LogP contribution in [0.4, 0.5) is 0 Å². The molecular weight excluding hydrogens is 230 g/mol. The molecule has 1 saturated carbocycles. The molecule has 0 spiro atoms. The molecule has 18 heavy (non-hydrogen) atoms. The van der Waals surface area contributed by atoms with Crippen LogP contribution >= 0.6 is 0 Å². The summed E-state index contributed by atoms with van der Waals surface area (Å²) in [5.41, 5.74) is 6.04. The van der Waals surface area contributed by atoms with Gasteiger partial charge in [-0.1, -0.05) is 24.4 Å². The standard InChI is InChI=1S/C13H21N3O2/c14-13(6-2-1-3-7-13)12-15-11(18-16-12)10-5-4-8-17-9-10/h10H,1-9,14H2. The molecule has 1 unspecified atom stereocenters. The number of nitrogens with zero attached hydrogens (tertiary/aromatic N) is 2. The van der Waals surface area contributed by atoms with Crippen molar-refractivity contribution in [1.82, 2.24) is 10.1 Å². The van der Waals surface area contributed by atoms with Crippen molar-refractivity contribution in [2.24, 2.45) is 5.73 Å². The van der Waals surface area contributed by atoms with E-state index >= 15 is 0 Å². The van der Waals surface area contributed by atoms with Crippen LogP contribution in [0.15, 0.2) is 4.52 Å². The average molecular weight is 251 g/mol. The third-order valence-corrected chi connectivity index (χ3v) is 4.14. The van der Waals surface area contributed by atoms with Gasteiger partial charge < -0.3 is 15.0 Å². The minimum atomic E-state index is -0.366. The Labute approximate surface area is 107 Å². The molecule has 2 N–H and O–H groups in total. The summed E-state index contributed by atoms with van der Waals surface area (Å²) in [4.78, 5) is 4.55. The fraction of sp³-hybridized carbons (Fsp3) is 0.846. The lowest BCUT2D eigenvalue weighted by atomic mass is 9.82. The molecule has 0 radical (unpaired) electrons. The second-order valence-corrected chi connectivity index (χ2v) is 5.59. The SMILES string of the molecule is NC1(c2noc(C3CCCOC3)n2)CCCCC1. The van der Waals surface area contributed by atoms with Crippen molar-refractivity contribution in [3.05, 3.63) is 11.7 Å². The van der Waals surface area contributed by atoms with Gasteiger partial charge in [-0.2, -0.15) is 4.98 Å². The molecule has 2 fully saturated rings. The van der Waals surface area contributed by atoms with Gasteiger partial charge in [0.1, 0.15) is 0 Å². The molecule has 1 aliphatic heterocycles. The molecule has 2 aliphatic rings. The van der Waals surface area contributed by atoms with Crippen LogP contribution in [-0.4, -0.2) is 23.4 Å². The van der Waals surface area contributed by atoms with Gasteiger partial charge in [0, 0.05) is 6.61 Å². The quantitative estimate of drug-likeness (QED) is 0.871. The summed E-state index contributed by atoms with van der Waals surface area (Å²) >= 11 is 0.